The number of carbonyl (C=O) groups is 1. The summed E-state index contributed by atoms with van der Waals surface area (Å²) in [4.78, 5) is 16.4. The van der Waals surface area contributed by atoms with Crippen LogP contribution >= 0.6 is 0 Å². The van der Waals surface area contributed by atoms with Gasteiger partial charge >= 0.3 is 0 Å². The van der Waals surface area contributed by atoms with Crippen molar-refractivity contribution in [3.63, 3.8) is 0 Å². The SMILES string of the molecule is CC(O)CCN(C)CC(=O)NC1CCN(C(C)C)CC1. The third-order valence-electron chi connectivity index (χ3n) is 3.97. The molecule has 0 aromatic rings. The number of carbonyl (C=O) groups excluding carboxylic acids is 1. The predicted octanol–water partition coefficient (Wildman–Crippen LogP) is 0.678. The third kappa shape index (κ3) is 6.68. The molecule has 0 aliphatic carbocycles. The van der Waals surface area contributed by atoms with Crippen molar-refractivity contribution in [3.8, 4) is 0 Å². The minimum atomic E-state index is -0.305. The highest BCUT2D eigenvalue weighted by Gasteiger charge is 2.22. The van der Waals surface area contributed by atoms with Crippen molar-refractivity contribution in [1.82, 2.24) is 15.1 Å². The molecule has 1 saturated heterocycles. The van der Waals surface area contributed by atoms with Gasteiger partial charge in [-0.3, -0.25) is 9.69 Å². The van der Waals surface area contributed by atoms with E-state index in [0.29, 0.717) is 25.0 Å². The first-order chi connectivity index (χ1) is 9.38. The quantitative estimate of drug-likeness (QED) is 0.722. The van der Waals surface area contributed by atoms with Crippen LogP contribution in [0.4, 0.5) is 0 Å². The van der Waals surface area contributed by atoms with Gasteiger partial charge in [0.05, 0.1) is 12.6 Å². The van der Waals surface area contributed by atoms with Crippen LogP contribution in [0.15, 0.2) is 0 Å². The van der Waals surface area contributed by atoms with E-state index in [1.54, 1.807) is 6.92 Å². The lowest BCUT2D eigenvalue weighted by molar-refractivity contribution is -0.123. The number of aliphatic hydroxyl groups excluding tert-OH is 1. The summed E-state index contributed by atoms with van der Waals surface area (Å²) < 4.78 is 0. The molecule has 2 N–H and O–H groups in total. The second kappa shape index (κ2) is 8.60. The summed E-state index contributed by atoms with van der Waals surface area (Å²) in [5.74, 6) is 0.0982. The molecule has 5 heteroatoms. The molecule has 0 spiro atoms. The lowest BCUT2D eigenvalue weighted by atomic mass is 10.0. The van der Waals surface area contributed by atoms with E-state index < -0.39 is 0 Å². The molecule has 1 aliphatic rings. The first-order valence-corrected chi connectivity index (χ1v) is 7.78. The Kier molecular flexibility index (Phi) is 7.48. The van der Waals surface area contributed by atoms with Crippen LogP contribution in [0.25, 0.3) is 0 Å². The highest BCUT2D eigenvalue weighted by atomic mass is 16.3. The zero-order valence-corrected chi connectivity index (χ0v) is 13.4. The molecule has 0 aromatic heterocycles. The van der Waals surface area contributed by atoms with E-state index in [2.05, 4.69) is 24.1 Å². The van der Waals surface area contributed by atoms with Crippen LogP contribution in [0, 0.1) is 0 Å². The van der Waals surface area contributed by atoms with E-state index in [1.165, 1.54) is 0 Å². The highest BCUT2D eigenvalue weighted by Crippen LogP contribution is 2.12. The Labute approximate surface area is 123 Å². The smallest absolute Gasteiger partial charge is 0.234 e. The number of aliphatic hydroxyl groups is 1. The molecule has 1 rings (SSSR count). The summed E-state index contributed by atoms with van der Waals surface area (Å²) in [6.07, 6.45) is 2.49. The van der Waals surface area contributed by atoms with E-state index in [1.807, 2.05) is 11.9 Å². The summed E-state index contributed by atoms with van der Waals surface area (Å²) in [5, 5.41) is 12.4. The fourth-order valence-corrected chi connectivity index (χ4v) is 2.56. The van der Waals surface area contributed by atoms with Crippen molar-refractivity contribution in [2.45, 2.75) is 58.2 Å². The maximum Gasteiger partial charge on any atom is 0.234 e. The lowest BCUT2D eigenvalue weighted by Gasteiger charge is -2.35. The Morgan fingerprint density at radius 3 is 2.45 bits per heavy atom. The molecule has 20 heavy (non-hydrogen) atoms. The maximum atomic E-state index is 12.0. The average molecular weight is 285 g/mol. The zero-order chi connectivity index (χ0) is 15.1. The summed E-state index contributed by atoms with van der Waals surface area (Å²) in [6.45, 7) is 9.51. The number of likely N-dealkylation sites (N-methyl/N-ethyl adjacent to an activating group) is 1. The van der Waals surface area contributed by atoms with Crippen molar-refractivity contribution in [3.05, 3.63) is 0 Å². The standard InChI is InChI=1S/C15H31N3O2/c1-12(2)18-9-6-14(7-10-18)16-15(20)11-17(4)8-5-13(3)19/h12-14,19H,5-11H2,1-4H3,(H,16,20). The van der Waals surface area contributed by atoms with Crippen LogP contribution in [-0.2, 0) is 4.79 Å². The summed E-state index contributed by atoms with van der Waals surface area (Å²) in [7, 11) is 1.92. The molecule has 0 aromatic carbocycles. The Bertz CT molecular complexity index is 287. The largest absolute Gasteiger partial charge is 0.393 e. The molecule has 1 fully saturated rings. The summed E-state index contributed by atoms with van der Waals surface area (Å²) in [5.41, 5.74) is 0. The maximum absolute atomic E-state index is 12.0. The molecule has 0 saturated carbocycles. The van der Waals surface area contributed by atoms with Gasteiger partial charge in [-0.1, -0.05) is 0 Å². The van der Waals surface area contributed by atoms with Gasteiger partial charge in [-0.2, -0.15) is 0 Å². The Morgan fingerprint density at radius 2 is 1.95 bits per heavy atom. The van der Waals surface area contributed by atoms with Crippen molar-refractivity contribution >= 4 is 5.91 Å². The molecular formula is C15H31N3O2. The molecule has 1 aliphatic heterocycles. The zero-order valence-electron chi connectivity index (χ0n) is 13.4. The topological polar surface area (TPSA) is 55.8 Å². The minimum absolute atomic E-state index is 0.0982. The highest BCUT2D eigenvalue weighted by molar-refractivity contribution is 5.78. The average Bonchev–Trinajstić information content (AvgIpc) is 2.36. The van der Waals surface area contributed by atoms with Crippen molar-refractivity contribution < 1.29 is 9.90 Å². The molecule has 5 nitrogen and oxygen atoms in total. The first kappa shape index (κ1) is 17.4. The first-order valence-electron chi connectivity index (χ1n) is 7.78. The number of rotatable bonds is 7. The number of nitrogens with one attached hydrogen (secondary N) is 1. The van der Waals surface area contributed by atoms with Crippen LogP contribution in [-0.4, -0.2) is 72.2 Å². The number of nitrogens with zero attached hydrogens (tertiary/aromatic N) is 2. The molecule has 1 heterocycles. The van der Waals surface area contributed by atoms with Crippen LogP contribution in [0.2, 0.25) is 0 Å². The monoisotopic (exact) mass is 285 g/mol. The normalized spacial score (nSPS) is 19.6. The van der Waals surface area contributed by atoms with Crippen LogP contribution in [0.3, 0.4) is 0 Å². The van der Waals surface area contributed by atoms with Gasteiger partial charge in [0.2, 0.25) is 5.91 Å². The lowest BCUT2D eigenvalue weighted by Crippen LogP contribution is -2.48. The summed E-state index contributed by atoms with van der Waals surface area (Å²) in [6, 6.07) is 0.918. The minimum Gasteiger partial charge on any atom is -0.393 e. The van der Waals surface area contributed by atoms with Gasteiger partial charge in [0.1, 0.15) is 0 Å². The van der Waals surface area contributed by atoms with Gasteiger partial charge in [-0.05, 0) is 47.1 Å². The van der Waals surface area contributed by atoms with Crippen LogP contribution in [0.5, 0.6) is 0 Å². The second-order valence-corrected chi connectivity index (χ2v) is 6.35. The fourth-order valence-electron chi connectivity index (χ4n) is 2.56. The third-order valence-corrected chi connectivity index (χ3v) is 3.97. The van der Waals surface area contributed by atoms with Gasteiger partial charge in [0.15, 0.2) is 0 Å². The van der Waals surface area contributed by atoms with E-state index in [0.717, 1.165) is 32.5 Å². The molecule has 1 atom stereocenters. The number of amides is 1. The van der Waals surface area contributed by atoms with E-state index >= 15 is 0 Å². The number of hydrogen-bond acceptors (Lipinski definition) is 4. The molecule has 0 radical (unpaired) electrons. The number of hydrogen-bond donors (Lipinski definition) is 2. The molecule has 118 valence electrons. The van der Waals surface area contributed by atoms with Gasteiger partial charge in [-0.15, -0.1) is 0 Å². The van der Waals surface area contributed by atoms with E-state index in [9.17, 15) is 9.90 Å². The summed E-state index contributed by atoms with van der Waals surface area (Å²) >= 11 is 0. The van der Waals surface area contributed by atoms with Crippen molar-refractivity contribution in [2.24, 2.45) is 0 Å². The molecule has 1 unspecified atom stereocenters. The van der Waals surface area contributed by atoms with Gasteiger partial charge in [0, 0.05) is 31.7 Å². The Hall–Kier alpha value is -0.650. The Morgan fingerprint density at radius 1 is 1.35 bits per heavy atom. The fraction of sp³-hybridized carbons (Fsp3) is 0.933. The number of likely N-dealkylation sites (tertiary alicyclic amines) is 1. The van der Waals surface area contributed by atoms with Crippen molar-refractivity contribution in [2.75, 3.05) is 33.2 Å². The number of piperidine rings is 1. The predicted molar refractivity (Wildman–Crippen MR) is 81.7 cm³/mol. The van der Waals surface area contributed by atoms with Crippen LogP contribution < -0.4 is 5.32 Å². The van der Waals surface area contributed by atoms with Gasteiger partial charge in [-0.25, -0.2) is 0 Å². The second-order valence-electron chi connectivity index (χ2n) is 6.35. The molecule has 1 amide bonds. The van der Waals surface area contributed by atoms with Crippen molar-refractivity contribution in [1.29, 1.82) is 0 Å². The van der Waals surface area contributed by atoms with E-state index in [4.69, 9.17) is 0 Å². The Balaban J connectivity index is 2.20. The van der Waals surface area contributed by atoms with Gasteiger partial charge < -0.3 is 15.3 Å². The van der Waals surface area contributed by atoms with Gasteiger partial charge in [0.25, 0.3) is 0 Å². The van der Waals surface area contributed by atoms with E-state index in [-0.39, 0.29) is 12.0 Å². The molecule has 0 bridgehead atoms. The van der Waals surface area contributed by atoms with Crippen LogP contribution in [0.1, 0.15) is 40.0 Å². The molecular weight excluding hydrogens is 254 g/mol.